The monoisotopic (exact) mass is 546 g/mol. The lowest BCUT2D eigenvalue weighted by Gasteiger charge is -2.57. The van der Waals surface area contributed by atoms with Crippen LogP contribution in [-0.2, 0) is 18.9 Å². The summed E-state index contributed by atoms with van der Waals surface area (Å²) in [6.07, 6.45) is 12.4. The molecule has 0 aliphatic heterocycles. The van der Waals surface area contributed by atoms with Gasteiger partial charge in [-0.3, -0.25) is 0 Å². The Morgan fingerprint density at radius 2 is 1.74 bits per heavy atom. The van der Waals surface area contributed by atoms with Crippen LogP contribution in [0.2, 0.25) is 0 Å². The summed E-state index contributed by atoms with van der Waals surface area (Å²) >= 11 is 0. The average molecular weight is 547 g/mol. The summed E-state index contributed by atoms with van der Waals surface area (Å²) in [5, 5.41) is 9.81. The molecule has 0 heterocycles. The van der Waals surface area contributed by atoms with Crippen molar-refractivity contribution in [3.05, 3.63) is 23.3 Å². The lowest BCUT2D eigenvalue weighted by Crippen LogP contribution is -2.54. The second-order valence-corrected chi connectivity index (χ2v) is 12.9. The number of aliphatic hydroxyl groups excluding tert-OH is 1. The van der Waals surface area contributed by atoms with Gasteiger partial charge in [0.25, 0.3) is 0 Å². The normalized spacial score (nSPS) is 36.7. The third kappa shape index (κ3) is 5.49. The van der Waals surface area contributed by atoms with Gasteiger partial charge in [-0.2, -0.15) is 0 Å². The van der Waals surface area contributed by atoms with Crippen molar-refractivity contribution in [2.75, 3.05) is 20.8 Å². The van der Waals surface area contributed by atoms with Crippen LogP contribution in [0.3, 0.4) is 0 Å². The minimum absolute atomic E-state index is 0.229. The molecular formula is C32H50O7. The van der Waals surface area contributed by atoms with Crippen LogP contribution in [0.5, 0.6) is 0 Å². The first-order valence-corrected chi connectivity index (χ1v) is 15.1. The molecule has 4 aliphatic rings. The van der Waals surface area contributed by atoms with E-state index >= 15 is 0 Å². The highest BCUT2D eigenvalue weighted by molar-refractivity contribution is 5.61. The molecule has 7 heteroatoms. The van der Waals surface area contributed by atoms with Crippen LogP contribution >= 0.6 is 0 Å². The molecule has 7 nitrogen and oxygen atoms in total. The van der Waals surface area contributed by atoms with E-state index in [1.807, 2.05) is 0 Å². The maximum atomic E-state index is 12.4. The smallest absolute Gasteiger partial charge is 0.438 e. The first-order valence-electron chi connectivity index (χ1n) is 15.1. The van der Waals surface area contributed by atoms with E-state index in [9.17, 15) is 14.7 Å². The molecule has 4 aliphatic carbocycles. The van der Waals surface area contributed by atoms with Gasteiger partial charge in [0.2, 0.25) is 0 Å². The SMILES string of the molecule is CCCC[C@H](CCO)[C@@H](C)[C@H]1CC[C@H]2C3=CC=C4C[C@@H](OC(=O)OC)C[C@H](OC(=O)OC)[C@]4(C)[C@H]3CC[C@]12C. The van der Waals surface area contributed by atoms with Crippen LogP contribution in [0.25, 0.3) is 0 Å². The summed E-state index contributed by atoms with van der Waals surface area (Å²) < 4.78 is 21.1. The van der Waals surface area contributed by atoms with E-state index in [-0.39, 0.29) is 23.4 Å². The molecule has 0 aromatic carbocycles. The second kappa shape index (κ2) is 12.2. The first-order chi connectivity index (χ1) is 18.6. The number of rotatable bonds is 9. The van der Waals surface area contributed by atoms with Gasteiger partial charge < -0.3 is 24.1 Å². The fourth-order valence-electron chi connectivity index (χ4n) is 9.15. The highest BCUT2D eigenvalue weighted by atomic mass is 16.7. The molecule has 3 fully saturated rings. The summed E-state index contributed by atoms with van der Waals surface area (Å²) in [6.45, 7) is 9.71. The number of hydrogen-bond acceptors (Lipinski definition) is 7. The van der Waals surface area contributed by atoms with Crippen molar-refractivity contribution in [2.45, 2.75) is 104 Å². The van der Waals surface area contributed by atoms with Crippen molar-refractivity contribution in [1.29, 1.82) is 0 Å². The van der Waals surface area contributed by atoms with Crippen LogP contribution in [0.1, 0.15) is 91.9 Å². The number of hydrogen-bond donors (Lipinski definition) is 1. The Labute approximate surface area is 234 Å². The third-order valence-electron chi connectivity index (χ3n) is 11.3. The van der Waals surface area contributed by atoms with Gasteiger partial charge in [0.05, 0.1) is 14.2 Å². The van der Waals surface area contributed by atoms with E-state index in [0.717, 1.165) is 19.3 Å². The molecule has 0 radical (unpaired) electrons. The fraction of sp³-hybridized carbons (Fsp3) is 0.812. The van der Waals surface area contributed by atoms with Gasteiger partial charge in [-0.15, -0.1) is 0 Å². The van der Waals surface area contributed by atoms with Crippen LogP contribution in [0.15, 0.2) is 23.3 Å². The standard InChI is InChI=1S/C32H50O7/c1-7-8-9-21(15-17-33)20(2)25-12-13-26-24-11-10-22-18-23(38-29(34)36-5)19-28(39-30(35)37-6)32(22,4)27(24)14-16-31(25,26)3/h10-11,20-21,23,25-28,33H,7-9,12-19H2,1-6H3/t20-,21-,23-,25-,26+,27+,28+,31-,32+/m1/s1. The van der Waals surface area contributed by atoms with Gasteiger partial charge in [0.1, 0.15) is 12.2 Å². The number of fused-ring (bicyclic) bond motifs is 5. The van der Waals surface area contributed by atoms with Crippen LogP contribution < -0.4 is 0 Å². The molecule has 0 saturated heterocycles. The molecule has 0 unspecified atom stereocenters. The Kier molecular flexibility index (Phi) is 9.40. The van der Waals surface area contributed by atoms with Gasteiger partial charge in [-0.05, 0) is 67.1 Å². The van der Waals surface area contributed by atoms with Crippen molar-refractivity contribution in [3.63, 3.8) is 0 Å². The van der Waals surface area contributed by atoms with E-state index in [0.29, 0.717) is 36.5 Å². The van der Waals surface area contributed by atoms with Gasteiger partial charge >= 0.3 is 12.3 Å². The minimum Gasteiger partial charge on any atom is -0.438 e. The topological polar surface area (TPSA) is 91.3 Å². The maximum absolute atomic E-state index is 12.4. The van der Waals surface area contributed by atoms with Crippen molar-refractivity contribution < 1.29 is 33.6 Å². The summed E-state index contributed by atoms with van der Waals surface area (Å²) in [4.78, 5) is 24.3. The Balaban J connectivity index is 1.63. The molecule has 1 N–H and O–H groups in total. The number of carbonyl (C=O) groups is 2. The summed E-state index contributed by atoms with van der Waals surface area (Å²) in [7, 11) is 2.63. The highest BCUT2D eigenvalue weighted by Gasteiger charge is 2.60. The summed E-state index contributed by atoms with van der Waals surface area (Å²) in [6, 6.07) is 0. The lowest BCUT2D eigenvalue weighted by atomic mass is 9.49. The van der Waals surface area contributed by atoms with Crippen molar-refractivity contribution >= 4 is 12.3 Å². The Morgan fingerprint density at radius 3 is 2.41 bits per heavy atom. The van der Waals surface area contributed by atoms with Crippen LogP contribution in [0, 0.1) is 40.4 Å². The van der Waals surface area contributed by atoms with Gasteiger partial charge in [-0.25, -0.2) is 9.59 Å². The zero-order valence-corrected chi connectivity index (χ0v) is 24.9. The van der Waals surface area contributed by atoms with Crippen molar-refractivity contribution in [2.24, 2.45) is 40.4 Å². The Morgan fingerprint density at radius 1 is 1.03 bits per heavy atom. The molecule has 9 atom stereocenters. The largest absolute Gasteiger partial charge is 0.508 e. The first kappa shape index (κ1) is 30.0. The highest BCUT2D eigenvalue weighted by Crippen LogP contribution is 2.66. The van der Waals surface area contributed by atoms with Gasteiger partial charge in [0.15, 0.2) is 0 Å². The number of ether oxygens (including phenoxy) is 4. The van der Waals surface area contributed by atoms with Gasteiger partial charge in [-0.1, -0.05) is 70.3 Å². The van der Waals surface area contributed by atoms with E-state index in [4.69, 9.17) is 18.9 Å². The molecule has 0 bridgehead atoms. The Hall–Kier alpha value is -2.02. The van der Waals surface area contributed by atoms with E-state index in [2.05, 4.69) is 39.8 Å². The minimum atomic E-state index is -0.717. The molecule has 4 rings (SSSR count). The van der Waals surface area contributed by atoms with Crippen LogP contribution in [-0.4, -0.2) is 50.5 Å². The second-order valence-electron chi connectivity index (χ2n) is 12.9. The number of methoxy groups -OCH3 is 2. The zero-order valence-electron chi connectivity index (χ0n) is 24.9. The lowest BCUT2D eigenvalue weighted by molar-refractivity contribution is -0.0835. The average Bonchev–Trinajstić information content (AvgIpc) is 3.28. The molecule has 39 heavy (non-hydrogen) atoms. The quantitative estimate of drug-likeness (QED) is 0.305. The molecule has 0 aromatic heterocycles. The van der Waals surface area contributed by atoms with Crippen molar-refractivity contribution in [3.8, 4) is 0 Å². The molecule has 0 spiro atoms. The number of unbranched alkanes of at least 4 members (excludes halogenated alkanes) is 1. The van der Waals surface area contributed by atoms with E-state index in [1.54, 1.807) is 0 Å². The number of aliphatic hydroxyl groups is 1. The zero-order chi connectivity index (χ0) is 28.4. The van der Waals surface area contributed by atoms with E-state index < -0.39 is 24.5 Å². The number of allylic oxidation sites excluding steroid dienone is 3. The number of carbonyl (C=O) groups excluding carboxylic acids is 2. The molecular weight excluding hydrogens is 496 g/mol. The molecule has 0 aromatic rings. The predicted octanol–water partition coefficient (Wildman–Crippen LogP) is 7.22. The molecule has 3 saturated carbocycles. The molecule has 220 valence electrons. The third-order valence-corrected chi connectivity index (χ3v) is 11.3. The summed E-state index contributed by atoms with van der Waals surface area (Å²) in [5.41, 5.74) is 2.52. The maximum Gasteiger partial charge on any atom is 0.508 e. The fourth-order valence-corrected chi connectivity index (χ4v) is 9.15. The van der Waals surface area contributed by atoms with Crippen LogP contribution in [0.4, 0.5) is 9.59 Å². The van der Waals surface area contributed by atoms with Crippen molar-refractivity contribution in [1.82, 2.24) is 0 Å². The molecule has 0 amide bonds. The summed E-state index contributed by atoms with van der Waals surface area (Å²) in [5.74, 6) is 2.57. The Bertz CT molecular complexity index is 956. The van der Waals surface area contributed by atoms with E-state index in [1.165, 1.54) is 57.5 Å². The van der Waals surface area contributed by atoms with Gasteiger partial charge in [0, 0.05) is 24.9 Å². The predicted molar refractivity (Wildman–Crippen MR) is 149 cm³/mol.